The normalized spacial score (nSPS) is 17.2. The van der Waals surface area contributed by atoms with E-state index in [1.165, 1.54) is 5.56 Å². The number of aliphatic hydroxyl groups is 2. The molecule has 276 valence electrons. The SMILES string of the molecule is Cc1c(CC(=O)c2cc(C3CC3)c(CN[C@H](CO)C(=O)O)cn2)cccc1-c1cccc(NC(=O)c2cc(C3CC3)c(CN3CC(C)(O)C3)cn2)c1C. The van der Waals surface area contributed by atoms with Gasteiger partial charge in [0, 0.05) is 50.7 Å². The Morgan fingerprint density at radius 3 is 2.11 bits per heavy atom. The van der Waals surface area contributed by atoms with E-state index in [-0.39, 0.29) is 24.7 Å². The van der Waals surface area contributed by atoms with Crippen molar-refractivity contribution in [2.45, 2.75) is 89.4 Å². The zero-order valence-corrected chi connectivity index (χ0v) is 30.5. The second-order valence-corrected chi connectivity index (χ2v) is 15.3. The van der Waals surface area contributed by atoms with E-state index in [2.05, 4.69) is 25.5 Å². The molecule has 3 heterocycles. The Morgan fingerprint density at radius 2 is 1.47 bits per heavy atom. The Morgan fingerprint density at radius 1 is 0.868 bits per heavy atom. The summed E-state index contributed by atoms with van der Waals surface area (Å²) < 4.78 is 0. The minimum atomic E-state index is -1.12. The molecule has 1 atom stereocenters. The standard InChI is InChI=1S/C42H47N5O6/c1-24-28(14-39(49)36-15-33(26-10-11-26)29(17-43-36)18-45-38(21-48)41(51)52)6-4-7-31(24)32-8-5-9-35(25(32)2)46-40(50)37-16-34(27-12-13-27)30(19-44-37)20-47-22-42(3,53)23-47/h4-9,15-17,19,26-27,38,45,48,53H,10-14,18,20-23H2,1-3H3,(H,46,50)(H,51,52)/t38-/m1/s1. The monoisotopic (exact) mass is 717 g/mol. The predicted octanol–water partition coefficient (Wildman–Crippen LogP) is 5.29. The molecule has 2 aromatic heterocycles. The third-order valence-corrected chi connectivity index (χ3v) is 10.8. The van der Waals surface area contributed by atoms with Crippen LogP contribution in [0.1, 0.15) is 104 Å². The minimum absolute atomic E-state index is 0.107. The number of β-amino-alcohol motifs (C(OH)–C–C–N with tert-alkyl or cyclic N) is 1. The van der Waals surface area contributed by atoms with Crippen molar-refractivity contribution in [1.82, 2.24) is 20.2 Å². The summed E-state index contributed by atoms with van der Waals surface area (Å²) in [5.74, 6) is -0.747. The van der Waals surface area contributed by atoms with Crippen molar-refractivity contribution in [3.8, 4) is 11.1 Å². The van der Waals surface area contributed by atoms with Gasteiger partial charge in [0.2, 0.25) is 0 Å². The fraction of sp³-hybridized carbons (Fsp3) is 0.405. The first kappa shape index (κ1) is 36.5. The molecule has 5 N–H and O–H groups in total. The lowest BCUT2D eigenvalue weighted by atomic mass is 9.90. The lowest BCUT2D eigenvalue weighted by Crippen LogP contribution is -2.59. The average Bonchev–Trinajstić information content (AvgIpc) is 4.04. The van der Waals surface area contributed by atoms with Crippen molar-refractivity contribution >= 4 is 23.3 Å². The first-order valence-corrected chi connectivity index (χ1v) is 18.4. The molecule has 0 spiro atoms. The molecule has 1 amide bonds. The highest BCUT2D eigenvalue weighted by Crippen LogP contribution is 2.43. The van der Waals surface area contributed by atoms with Crippen molar-refractivity contribution in [2.75, 3.05) is 25.0 Å². The quantitative estimate of drug-likeness (QED) is 0.102. The molecule has 0 unspecified atom stereocenters. The first-order valence-electron chi connectivity index (χ1n) is 18.4. The molecule has 2 aromatic carbocycles. The van der Waals surface area contributed by atoms with E-state index < -0.39 is 24.2 Å². The molecular weight excluding hydrogens is 670 g/mol. The first-order chi connectivity index (χ1) is 25.4. The van der Waals surface area contributed by atoms with Crippen LogP contribution in [0.4, 0.5) is 5.69 Å². The number of aromatic nitrogens is 2. The Labute approximate surface area is 309 Å². The van der Waals surface area contributed by atoms with Gasteiger partial charge in [-0.2, -0.15) is 0 Å². The molecule has 11 nitrogen and oxygen atoms in total. The number of carbonyl (C=O) groups excluding carboxylic acids is 2. The highest BCUT2D eigenvalue weighted by Gasteiger charge is 2.37. The number of likely N-dealkylation sites (tertiary alicyclic amines) is 1. The summed E-state index contributed by atoms with van der Waals surface area (Å²) in [6, 6.07) is 14.5. The van der Waals surface area contributed by atoms with Crippen LogP contribution in [0.3, 0.4) is 0 Å². The minimum Gasteiger partial charge on any atom is -0.480 e. The number of carboxylic acid groups (broad SMARTS) is 1. The predicted molar refractivity (Wildman–Crippen MR) is 201 cm³/mol. The summed E-state index contributed by atoms with van der Waals surface area (Å²) >= 11 is 0. The van der Waals surface area contributed by atoms with Crippen molar-refractivity contribution in [3.63, 3.8) is 0 Å². The summed E-state index contributed by atoms with van der Waals surface area (Å²) in [7, 11) is 0. The molecular formula is C42H47N5O6. The Hall–Kier alpha value is -4.81. The third kappa shape index (κ3) is 8.23. The van der Waals surface area contributed by atoms with Gasteiger partial charge in [-0.25, -0.2) is 0 Å². The zero-order valence-electron chi connectivity index (χ0n) is 30.5. The lowest BCUT2D eigenvalue weighted by molar-refractivity contribution is -0.140. The second kappa shape index (κ2) is 14.9. The van der Waals surface area contributed by atoms with Crippen molar-refractivity contribution in [2.24, 2.45) is 0 Å². The number of amides is 1. The van der Waals surface area contributed by atoms with E-state index in [4.69, 9.17) is 0 Å². The second-order valence-electron chi connectivity index (χ2n) is 15.3. The number of nitrogens with zero attached hydrogens (tertiary/aromatic N) is 3. The van der Waals surface area contributed by atoms with Gasteiger partial charge in [-0.05, 0) is 127 Å². The summed E-state index contributed by atoms with van der Waals surface area (Å²) in [5, 5.41) is 34.8. The topological polar surface area (TPSA) is 165 Å². The van der Waals surface area contributed by atoms with Gasteiger partial charge in [-0.3, -0.25) is 34.6 Å². The molecule has 0 radical (unpaired) electrons. The maximum absolute atomic E-state index is 13.6. The highest BCUT2D eigenvalue weighted by molar-refractivity contribution is 6.04. The fourth-order valence-corrected chi connectivity index (χ4v) is 7.52. The molecule has 1 aliphatic heterocycles. The van der Waals surface area contributed by atoms with Crippen LogP contribution >= 0.6 is 0 Å². The zero-order chi connectivity index (χ0) is 37.4. The number of anilines is 1. The van der Waals surface area contributed by atoms with E-state index in [0.29, 0.717) is 48.5 Å². The number of carbonyl (C=O) groups is 3. The average molecular weight is 718 g/mol. The van der Waals surface area contributed by atoms with Crippen LogP contribution in [-0.4, -0.2) is 79.2 Å². The number of benzene rings is 2. The van der Waals surface area contributed by atoms with Crippen molar-refractivity contribution < 1.29 is 29.7 Å². The van der Waals surface area contributed by atoms with Crippen LogP contribution < -0.4 is 10.6 Å². The number of nitrogens with one attached hydrogen (secondary N) is 2. The molecule has 4 aromatic rings. The van der Waals surface area contributed by atoms with Crippen LogP contribution in [-0.2, 0) is 24.3 Å². The number of aliphatic hydroxyl groups excluding tert-OH is 1. The highest BCUT2D eigenvalue weighted by atomic mass is 16.4. The van der Waals surface area contributed by atoms with Gasteiger partial charge in [0.1, 0.15) is 17.4 Å². The van der Waals surface area contributed by atoms with Gasteiger partial charge in [0.15, 0.2) is 5.78 Å². The van der Waals surface area contributed by atoms with Crippen LogP contribution in [0, 0.1) is 13.8 Å². The van der Waals surface area contributed by atoms with Gasteiger partial charge in [-0.1, -0.05) is 30.3 Å². The van der Waals surface area contributed by atoms with Gasteiger partial charge in [0.25, 0.3) is 5.91 Å². The maximum Gasteiger partial charge on any atom is 0.323 e. The molecule has 0 bridgehead atoms. The smallest absolute Gasteiger partial charge is 0.323 e. The largest absolute Gasteiger partial charge is 0.480 e. The number of pyridine rings is 2. The molecule has 2 saturated carbocycles. The van der Waals surface area contributed by atoms with Gasteiger partial charge >= 0.3 is 5.97 Å². The molecule has 3 fully saturated rings. The van der Waals surface area contributed by atoms with Gasteiger partial charge in [-0.15, -0.1) is 0 Å². The number of hydrogen-bond acceptors (Lipinski definition) is 9. The Bertz CT molecular complexity index is 2060. The van der Waals surface area contributed by atoms with Crippen molar-refractivity contribution in [1.29, 1.82) is 0 Å². The van der Waals surface area contributed by atoms with E-state index in [1.807, 2.05) is 75.5 Å². The third-order valence-electron chi connectivity index (χ3n) is 10.8. The van der Waals surface area contributed by atoms with E-state index in [1.54, 1.807) is 6.20 Å². The van der Waals surface area contributed by atoms with Crippen LogP contribution in [0.5, 0.6) is 0 Å². The van der Waals surface area contributed by atoms with Gasteiger partial charge in [0.05, 0.1) is 12.2 Å². The molecule has 11 heteroatoms. The van der Waals surface area contributed by atoms with Crippen molar-refractivity contribution in [3.05, 3.63) is 111 Å². The molecule has 2 aliphatic carbocycles. The van der Waals surface area contributed by atoms with Crippen LogP contribution in [0.25, 0.3) is 11.1 Å². The number of carboxylic acids is 1. The van der Waals surface area contributed by atoms with E-state index >= 15 is 0 Å². The number of ketones is 1. The molecule has 53 heavy (non-hydrogen) atoms. The number of rotatable bonds is 15. The maximum atomic E-state index is 13.6. The molecule has 3 aliphatic rings. The number of Topliss-reactive ketones (excluding diaryl/α,β-unsaturated/α-hetero) is 1. The van der Waals surface area contributed by atoms with Crippen LogP contribution in [0.2, 0.25) is 0 Å². The summed E-state index contributed by atoms with van der Waals surface area (Å²) in [4.78, 5) is 49.8. The summed E-state index contributed by atoms with van der Waals surface area (Å²) in [6.07, 6.45) is 7.84. The van der Waals surface area contributed by atoms with Gasteiger partial charge < -0.3 is 20.6 Å². The Balaban J connectivity index is 1.06. The van der Waals surface area contributed by atoms with E-state index in [9.17, 15) is 29.7 Å². The van der Waals surface area contributed by atoms with Crippen LogP contribution in [0.15, 0.2) is 60.9 Å². The number of hydrogen-bond donors (Lipinski definition) is 5. The fourth-order valence-electron chi connectivity index (χ4n) is 7.52. The number of aliphatic carboxylic acids is 1. The van der Waals surface area contributed by atoms with E-state index in [0.717, 1.165) is 70.2 Å². The molecule has 7 rings (SSSR count). The Kier molecular flexibility index (Phi) is 10.3. The summed E-state index contributed by atoms with van der Waals surface area (Å²) in [6.45, 7) is 7.53. The molecule has 1 saturated heterocycles. The summed E-state index contributed by atoms with van der Waals surface area (Å²) in [5.41, 5.74) is 9.59. The lowest BCUT2D eigenvalue weighted by Gasteiger charge is -2.44.